The van der Waals surface area contributed by atoms with Crippen molar-refractivity contribution < 1.29 is 0 Å². The molecule has 0 saturated carbocycles. The Balaban J connectivity index is 0.00000128. The molecule has 0 spiro atoms. The zero-order valence-corrected chi connectivity index (χ0v) is 11.7. The second-order valence-corrected chi connectivity index (χ2v) is 6.00. The minimum absolute atomic E-state index is 0. The van der Waals surface area contributed by atoms with Gasteiger partial charge in [-0.15, -0.1) is 23.7 Å². The van der Waals surface area contributed by atoms with Crippen LogP contribution in [-0.4, -0.2) is 24.5 Å². The summed E-state index contributed by atoms with van der Waals surface area (Å²) in [7, 11) is 0. The van der Waals surface area contributed by atoms with Crippen LogP contribution in [0, 0.1) is 12.3 Å². The number of nitrogens with two attached hydrogens (primary N) is 1. The average Bonchev–Trinajstić information content (AvgIpc) is 2.77. The molecule has 2 N–H and O–H groups in total. The summed E-state index contributed by atoms with van der Waals surface area (Å²) in [4.78, 5) is 4.04. The molecular weight excluding hydrogens is 240 g/mol. The molecule has 1 aromatic heterocycles. The van der Waals surface area contributed by atoms with Crippen molar-refractivity contribution in [3.05, 3.63) is 21.9 Å². The van der Waals surface area contributed by atoms with Crippen molar-refractivity contribution in [1.29, 1.82) is 0 Å². The minimum atomic E-state index is 0. The van der Waals surface area contributed by atoms with Crippen molar-refractivity contribution in [3.63, 3.8) is 0 Å². The third kappa shape index (κ3) is 2.98. The quantitative estimate of drug-likeness (QED) is 0.906. The Bertz CT molecular complexity index is 340. The van der Waals surface area contributed by atoms with Crippen LogP contribution in [0.1, 0.15) is 23.8 Å². The van der Waals surface area contributed by atoms with E-state index in [9.17, 15) is 0 Å². The van der Waals surface area contributed by atoms with Crippen molar-refractivity contribution in [2.45, 2.75) is 26.8 Å². The van der Waals surface area contributed by atoms with Gasteiger partial charge in [-0.25, -0.2) is 0 Å². The number of hydrogen-bond donors (Lipinski definition) is 1. The molecule has 0 bridgehead atoms. The highest BCUT2D eigenvalue weighted by Crippen LogP contribution is 2.30. The summed E-state index contributed by atoms with van der Waals surface area (Å²) in [6.07, 6.45) is 1.24. The lowest BCUT2D eigenvalue weighted by molar-refractivity contribution is 0.276. The number of likely N-dealkylation sites (tertiary alicyclic amines) is 1. The Morgan fingerprint density at radius 2 is 2.31 bits per heavy atom. The van der Waals surface area contributed by atoms with Crippen molar-refractivity contribution >= 4 is 23.7 Å². The number of aryl methyl sites for hydroxylation is 1. The molecule has 1 saturated heterocycles. The van der Waals surface area contributed by atoms with Crippen molar-refractivity contribution in [3.8, 4) is 0 Å². The SMILES string of the molecule is Cc1ccsc1CN1CCC(C)(CN)C1.Cl. The van der Waals surface area contributed by atoms with Gasteiger partial charge in [-0.3, -0.25) is 4.90 Å². The van der Waals surface area contributed by atoms with E-state index in [0.29, 0.717) is 5.41 Å². The van der Waals surface area contributed by atoms with Crippen LogP contribution in [0.2, 0.25) is 0 Å². The van der Waals surface area contributed by atoms with E-state index in [-0.39, 0.29) is 12.4 Å². The lowest BCUT2D eigenvalue weighted by atomic mass is 9.90. The second-order valence-electron chi connectivity index (χ2n) is 5.00. The van der Waals surface area contributed by atoms with E-state index < -0.39 is 0 Å². The zero-order valence-electron chi connectivity index (χ0n) is 10.0. The summed E-state index contributed by atoms with van der Waals surface area (Å²) >= 11 is 1.87. The maximum Gasteiger partial charge on any atom is 0.0330 e. The number of halogens is 1. The number of thiophene rings is 1. The molecule has 4 heteroatoms. The molecule has 2 heterocycles. The van der Waals surface area contributed by atoms with Gasteiger partial charge in [0.1, 0.15) is 0 Å². The molecule has 92 valence electrons. The summed E-state index contributed by atoms with van der Waals surface area (Å²) < 4.78 is 0. The zero-order chi connectivity index (χ0) is 10.9. The van der Waals surface area contributed by atoms with Gasteiger partial charge in [-0.05, 0) is 48.9 Å². The topological polar surface area (TPSA) is 29.3 Å². The Morgan fingerprint density at radius 1 is 1.56 bits per heavy atom. The molecular formula is C12H21ClN2S. The maximum atomic E-state index is 5.81. The predicted octanol–water partition coefficient (Wildman–Crippen LogP) is 2.65. The predicted molar refractivity (Wildman–Crippen MR) is 73.4 cm³/mol. The van der Waals surface area contributed by atoms with E-state index in [0.717, 1.165) is 19.6 Å². The highest BCUT2D eigenvalue weighted by Gasteiger charge is 2.32. The van der Waals surface area contributed by atoms with E-state index in [1.165, 1.54) is 23.4 Å². The molecule has 0 aromatic carbocycles. The Hall–Kier alpha value is -0.0900. The fourth-order valence-electron chi connectivity index (χ4n) is 2.20. The van der Waals surface area contributed by atoms with E-state index in [4.69, 9.17) is 5.73 Å². The fourth-order valence-corrected chi connectivity index (χ4v) is 3.14. The molecule has 0 radical (unpaired) electrons. The number of rotatable bonds is 3. The Kier molecular flexibility index (Phi) is 4.80. The van der Waals surface area contributed by atoms with Gasteiger partial charge in [0.15, 0.2) is 0 Å². The summed E-state index contributed by atoms with van der Waals surface area (Å²) in [6.45, 7) is 8.77. The Morgan fingerprint density at radius 3 is 2.81 bits per heavy atom. The lowest BCUT2D eigenvalue weighted by Gasteiger charge is -2.22. The molecule has 1 aliphatic heterocycles. The summed E-state index contributed by atoms with van der Waals surface area (Å²) in [5.74, 6) is 0. The largest absolute Gasteiger partial charge is 0.330 e. The molecule has 1 unspecified atom stereocenters. The highest BCUT2D eigenvalue weighted by molar-refractivity contribution is 7.10. The standard InChI is InChI=1S/C12H20N2S.ClH/c1-10-3-6-15-11(10)7-14-5-4-12(2,8-13)9-14;/h3,6H,4-5,7-9,13H2,1-2H3;1H. The van der Waals surface area contributed by atoms with Gasteiger partial charge in [0, 0.05) is 18.0 Å². The van der Waals surface area contributed by atoms with Crippen LogP contribution in [0.4, 0.5) is 0 Å². The first-order valence-corrected chi connectivity index (χ1v) is 6.46. The van der Waals surface area contributed by atoms with Gasteiger partial charge in [-0.2, -0.15) is 0 Å². The molecule has 2 rings (SSSR count). The van der Waals surface area contributed by atoms with Gasteiger partial charge in [-0.1, -0.05) is 6.92 Å². The first-order valence-electron chi connectivity index (χ1n) is 5.58. The monoisotopic (exact) mass is 260 g/mol. The van der Waals surface area contributed by atoms with E-state index >= 15 is 0 Å². The molecule has 1 aromatic rings. The summed E-state index contributed by atoms with van der Waals surface area (Å²) in [6, 6.07) is 2.21. The fraction of sp³-hybridized carbons (Fsp3) is 0.667. The van der Waals surface area contributed by atoms with E-state index in [1.54, 1.807) is 0 Å². The molecule has 0 aliphatic carbocycles. The first-order chi connectivity index (χ1) is 7.13. The summed E-state index contributed by atoms with van der Waals surface area (Å²) in [5, 5.41) is 2.18. The second kappa shape index (κ2) is 5.50. The van der Waals surface area contributed by atoms with Crippen LogP contribution >= 0.6 is 23.7 Å². The van der Waals surface area contributed by atoms with Crippen LogP contribution < -0.4 is 5.73 Å². The van der Waals surface area contributed by atoms with Crippen LogP contribution in [-0.2, 0) is 6.54 Å². The minimum Gasteiger partial charge on any atom is -0.330 e. The first kappa shape index (κ1) is 14.0. The summed E-state index contributed by atoms with van der Waals surface area (Å²) in [5.41, 5.74) is 7.59. The van der Waals surface area contributed by atoms with Crippen LogP contribution in [0.3, 0.4) is 0 Å². The molecule has 2 nitrogen and oxygen atoms in total. The normalized spacial score (nSPS) is 25.7. The lowest BCUT2D eigenvalue weighted by Crippen LogP contribution is -2.31. The molecule has 16 heavy (non-hydrogen) atoms. The molecule has 1 atom stereocenters. The van der Waals surface area contributed by atoms with Gasteiger partial charge >= 0.3 is 0 Å². The van der Waals surface area contributed by atoms with Crippen molar-refractivity contribution in [2.75, 3.05) is 19.6 Å². The number of hydrogen-bond acceptors (Lipinski definition) is 3. The third-order valence-electron chi connectivity index (χ3n) is 3.47. The third-order valence-corrected chi connectivity index (χ3v) is 4.47. The maximum absolute atomic E-state index is 5.81. The molecule has 0 amide bonds. The van der Waals surface area contributed by atoms with E-state index in [2.05, 4.69) is 30.2 Å². The average molecular weight is 261 g/mol. The number of nitrogens with zero attached hydrogens (tertiary/aromatic N) is 1. The van der Waals surface area contributed by atoms with E-state index in [1.807, 2.05) is 11.3 Å². The van der Waals surface area contributed by atoms with Gasteiger partial charge in [0.05, 0.1) is 0 Å². The molecule has 1 aliphatic rings. The van der Waals surface area contributed by atoms with Crippen molar-refractivity contribution in [1.82, 2.24) is 4.90 Å². The Labute approximate surface area is 108 Å². The van der Waals surface area contributed by atoms with Crippen LogP contribution in [0.25, 0.3) is 0 Å². The van der Waals surface area contributed by atoms with Gasteiger partial charge in [0.2, 0.25) is 0 Å². The van der Waals surface area contributed by atoms with Gasteiger partial charge in [0.25, 0.3) is 0 Å². The smallest absolute Gasteiger partial charge is 0.0330 e. The molecule has 1 fully saturated rings. The van der Waals surface area contributed by atoms with Crippen LogP contribution in [0.5, 0.6) is 0 Å². The highest BCUT2D eigenvalue weighted by atomic mass is 35.5. The van der Waals surface area contributed by atoms with Crippen LogP contribution in [0.15, 0.2) is 11.4 Å². The van der Waals surface area contributed by atoms with Crippen molar-refractivity contribution in [2.24, 2.45) is 11.1 Å². The van der Waals surface area contributed by atoms with Gasteiger partial charge < -0.3 is 5.73 Å².